The standard InChI is InChI=1S/C11H14FNO/c1-7(2)9-4-3-8(5-10(9)12)11(14)6-13/h3-5,7H,6,13H2,1-2H3. The van der Waals surface area contributed by atoms with Crippen LogP contribution in [0, 0.1) is 5.82 Å². The fourth-order valence-corrected chi connectivity index (χ4v) is 1.29. The molecule has 0 aromatic heterocycles. The molecule has 0 heterocycles. The molecule has 0 aliphatic carbocycles. The van der Waals surface area contributed by atoms with Crippen LogP contribution in [0.25, 0.3) is 0 Å². The number of halogens is 1. The Labute approximate surface area is 82.9 Å². The van der Waals surface area contributed by atoms with Crippen molar-refractivity contribution in [2.75, 3.05) is 6.54 Å². The topological polar surface area (TPSA) is 43.1 Å². The van der Waals surface area contributed by atoms with Gasteiger partial charge in [0.15, 0.2) is 5.78 Å². The first kappa shape index (κ1) is 10.9. The van der Waals surface area contributed by atoms with Gasteiger partial charge in [0, 0.05) is 5.56 Å². The quantitative estimate of drug-likeness (QED) is 0.750. The Morgan fingerprint density at radius 2 is 2.14 bits per heavy atom. The lowest BCUT2D eigenvalue weighted by molar-refractivity contribution is 0.100. The van der Waals surface area contributed by atoms with Crippen LogP contribution in [0.3, 0.4) is 0 Å². The van der Waals surface area contributed by atoms with Crippen molar-refractivity contribution in [3.63, 3.8) is 0 Å². The number of hydrogen-bond acceptors (Lipinski definition) is 2. The van der Waals surface area contributed by atoms with E-state index in [0.717, 1.165) is 0 Å². The Bertz CT molecular complexity index is 347. The number of carbonyl (C=O) groups is 1. The zero-order valence-electron chi connectivity index (χ0n) is 8.38. The second-order valence-corrected chi connectivity index (χ2v) is 3.52. The minimum Gasteiger partial charge on any atom is -0.324 e. The molecule has 1 aromatic rings. The van der Waals surface area contributed by atoms with E-state index in [0.29, 0.717) is 11.1 Å². The molecule has 1 rings (SSSR count). The van der Waals surface area contributed by atoms with Gasteiger partial charge in [-0.1, -0.05) is 26.0 Å². The third kappa shape index (κ3) is 2.17. The Morgan fingerprint density at radius 3 is 2.57 bits per heavy atom. The number of rotatable bonds is 3. The summed E-state index contributed by atoms with van der Waals surface area (Å²) in [6.07, 6.45) is 0. The van der Waals surface area contributed by atoms with Crippen LogP contribution in [0.4, 0.5) is 4.39 Å². The summed E-state index contributed by atoms with van der Waals surface area (Å²) >= 11 is 0. The third-order valence-corrected chi connectivity index (χ3v) is 2.13. The van der Waals surface area contributed by atoms with Crippen molar-refractivity contribution in [1.29, 1.82) is 0 Å². The maximum atomic E-state index is 13.4. The summed E-state index contributed by atoms with van der Waals surface area (Å²) in [7, 11) is 0. The average molecular weight is 195 g/mol. The largest absolute Gasteiger partial charge is 0.324 e. The summed E-state index contributed by atoms with van der Waals surface area (Å²) in [5, 5.41) is 0. The number of Topliss-reactive ketones (excluding diaryl/α,β-unsaturated/α-hetero) is 1. The van der Waals surface area contributed by atoms with Crippen molar-refractivity contribution in [2.45, 2.75) is 19.8 Å². The van der Waals surface area contributed by atoms with Gasteiger partial charge in [-0.3, -0.25) is 4.79 Å². The van der Waals surface area contributed by atoms with Crippen molar-refractivity contribution in [2.24, 2.45) is 5.73 Å². The lowest BCUT2D eigenvalue weighted by atomic mass is 10.00. The lowest BCUT2D eigenvalue weighted by Crippen LogP contribution is -2.14. The molecule has 0 bridgehead atoms. The molecule has 1 aromatic carbocycles. The Balaban J connectivity index is 3.06. The summed E-state index contributed by atoms with van der Waals surface area (Å²) in [4.78, 5) is 11.2. The zero-order valence-corrected chi connectivity index (χ0v) is 8.38. The summed E-state index contributed by atoms with van der Waals surface area (Å²) < 4.78 is 13.4. The maximum absolute atomic E-state index is 13.4. The molecular weight excluding hydrogens is 181 g/mol. The van der Waals surface area contributed by atoms with Crippen LogP contribution in [-0.2, 0) is 0 Å². The Kier molecular flexibility index (Phi) is 3.36. The van der Waals surface area contributed by atoms with Gasteiger partial charge in [-0.2, -0.15) is 0 Å². The molecule has 14 heavy (non-hydrogen) atoms. The number of nitrogens with two attached hydrogens (primary N) is 1. The molecule has 0 aliphatic rings. The number of hydrogen-bond donors (Lipinski definition) is 1. The van der Waals surface area contributed by atoms with Gasteiger partial charge in [0.1, 0.15) is 5.82 Å². The SMILES string of the molecule is CC(C)c1ccc(C(=O)CN)cc1F. The van der Waals surface area contributed by atoms with Crippen molar-refractivity contribution >= 4 is 5.78 Å². The highest BCUT2D eigenvalue weighted by Crippen LogP contribution is 2.19. The van der Waals surface area contributed by atoms with Crippen molar-refractivity contribution in [1.82, 2.24) is 0 Å². The minimum absolute atomic E-state index is 0.0829. The first-order chi connectivity index (χ1) is 6.56. The van der Waals surface area contributed by atoms with Crippen LogP contribution >= 0.6 is 0 Å². The molecule has 2 nitrogen and oxygen atoms in total. The lowest BCUT2D eigenvalue weighted by Gasteiger charge is -2.07. The molecule has 0 saturated heterocycles. The van der Waals surface area contributed by atoms with Gasteiger partial charge in [0.05, 0.1) is 6.54 Å². The van der Waals surface area contributed by atoms with E-state index in [9.17, 15) is 9.18 Å². The van der Waals surface area contributed by atoms with E-state index in [-0.39, 0.29) is 24.1 Å². The van der Waals surface area contributed by atoms with Gasteiger partial charge in [0.25, 0.3) is 0 Å². The highest BCUT2D eigenvalue weighted by atomic mass is 19.1. The summed E-state index contributed by atoms with van der Waals surface area (Å²) in [5.41, 5.74) is 6.15. The molecule has 3 heteroatoms. The number of ketones is 1. The maximum Gasteiger partial charge on any atom is 0.176 e. The zero-order chi connectivity index (χ0) is 10.7. The van der Waals surface area contributed by atoms with Crippen LogP contribution in [-0.4, -0.2) is 12.3 Å². The molecule has 0 fully saturated rings. The molecule has 0 unspecified atom stereocenters. The summed E-state index contributed by atoms with van der Waals surface area (Å²) in [6.45, 7) is 3.73. The Morgan fingerprint density at radius 1 is 1.50 bits per heavy atom. The van der Waals surface area contributed by atoms with Gasteiger partial charge >= 0.3 is 0 Å². The van der Waals surface area contributed by atoms with E-state index < -0.39 is 0 Å². The summed E-state index contributed by atoms with van der Waals surface area (Å²) in [5.74, 6) is -0.449. The van der Waals surface area contributed by atoms with Crippen LogP contribution in [0.1, 0.15) is 35.7 Å². The predicted octanol–water partition coefficient (Wildman–Crippen LogP) is 2.09. The van der Waals surface area contributed by atoms with Crippen molar-refractivity contribution in [3.05, 3.63) is 35.1 Å². The van der Waals surface area contributed by atoms with Crippen LogP contribution in [0.5, 0.6) is 0 Å². The van der Waals surface area contributed by atoms with E-state index in [2.05, 4.69) is 0 Å². The van der Waals surface area contributed by atoms with Gasteiger partial charge in [-0.15, -0.1) is 0 Å². The molecule has 0 atom stereocenters. The van der Waals surface area contributed by atoms with Gasteiger partial charge in [0.2, 0.25) is 0 Å². The molecule has 2 N–H and O–H groups in total. The molecule has 0 spiro atoms. The fraction of sp³-hybridized carbons (Fsp3) is 0.364. The van der Waals surface area contributed by atoms with Crippen LogP contribution in [0.2, 0.25) is 0 Å². The van der Waals surface area contributed by atoms with Crippen molar-refractivity contribution < 1.29 is 9.18 Å². The van der Waals surface area contributed by atoms with Crippen molar-refractivity contribution in [3.8, 4) is 0 Å². The molecule has 0 amide bonds. The van der Waals surface area contributed by atoms with Gasteiger partial charge in [-0.25, -0.2) is 4.39 Å². The molecule has 0 aliphatic heterocycles. The van der Waals surface area contributed by atoms with Gasteiger partial charge < -0.3 is 5.73 Å². The van der Waals surface area contributed by atoms with E-state index >= 15 is 0 Å². The van der Waals surface area contributed by atoms with E-state index in [1.165, 1.54) is 6.07 Å². The molecular formula is C11H14FNO. The second-order valence-electron chi connectivity index (χ2n) is 3.52. The van der Waals surface area contributed by atoms with E-state index in [1.54, 1.807) is 12.1 Å². The highest BCUT2D eigenvalue weighted by molar-refractivity contribution is 5.97. The Hall–Kier alpha value is -1.22. The molecule has 0 saturated carbocycles. The van der Waals surface area contributed by atoms with E-state index in [1.807, 2.05) is 13.8 Å². The first-order valence-corrected chi connectivity index (χ1v) is 4.59. The average Bonchev–Trinajstić information content (AvgIpc) is 2.15. The number of carbonyl (C=O) groups excluding carboxylic acids is 1. The highest BCUT2D eigenvalue weighted by Gasteiger charge is 2.10. The van der Waals surface area contributed by atoms with Gasteiger partial charge in [-0.05, 0) is 17.5 Å². The normalized spacial score (nSPS) is 10.6. The molecule has 0 radical (unpaired) electrons. The van der Waals surface area contributed by atoms with Crippen LogP contribution < -0.4 is 5.73 Å². The smallest absolute Gasteiger partial charge is 0.176 e. The number of benzene rings is 1. The second kappa shape index (κ2) is 4.33. The van der Waals surface area contributed by atoms with Crippen LogP contribution in [0.15, 0.2) is 18.2 Å². The van der Waals surface area contributed by atoms with E-state index in [4.69, 9.17) is 5.73 Å². The first-order valence-electron chi connectivity index (χ1n) is 4.59. The third-order valence-electron chi connectivity index (χ3n) is 2.13. The summed E-state index contributed by atoms with van der Waals surface area (Å²) in [6, 6.07) is 4.51. The fourth-order valence-electron chi connectivity index (χ4n) is 1.29. The monoisotopic (exact) mass is 195 g/mol. The minimum atomic E-state index is -0.334. The molecule has 76 valence electrons. The predicted molar refractivity (Wildman–Crippen MR) is 53.9 cm³/mol.